The number of nitrogens with zero attached hydrogens (tertiary/aromatic N) is 2. The van der Waals surface area contributed by atoms with E-state index < -0.39 is 0 Å². The highest BCUT2D eigenvalue weighted by atomic mass is 16.5. The van der Waals surface area contributed by atoms with Crippen molar-refractivity contribution in [2.24, 2.45) is 5.41 Å². The van der Waals surface area contributed by atoms with Crippen molar-refractivity contribution < 1.29 is 9.53 Å². The van der Waals surface area contributed by atoms with Gasteiger partial charge < -0.3 is 15.4 Å². The van der Waals surface area contributed by atoms with Crippen LogP contribution in [0.25, 0.3) is 0 Å². The number of hydrogen-bond acceptors (Lipinski definition) is 4. The highest BCUT2D eigenvalue weighted by Gasteiger charge is 2.32. The minimum Gasteiger partial charge on any atom is -0.378 e. The summed E-state index contributed by atoms with van der Waals surface area (Å²) in [6, 6.07) is 2.34. The molecule has 1 aromatic heterocycles. The normalized spacial score (nSPS) is 28.5. The van der Waals surface area contributed by atoms with E-state index in [9.17, 15) is 4.79 Å². The molecular formula is C18H30N4O2. The van der Waals surface area contributed by atoms with Gasteiger partial charge in [0, 0.05) is 25.4 Å². The summed E-state index contributed by atoms with van der Waals surface area (Å²) >= 11 is 0. The lowest BCUT2D eigenvalue weighted by Gasteiger charge is -2.37. The van der Waals surface area contributed by atoms with E-state index in [4.69, 9.17) is 4.74 Å². The molecule has 6 heteroatoms. The van der Waals surface area contributed by atoms with Gasteiger partial charge in [-0.25, -0.2) is 0 Å². The first-order chi connectivity index (χ1) is 11.4. The van der Waals surface area contributed by atoms with Gasteiger partial charge in [-0.3, -0.25) is 9.48 Å². The first-order valence-corrected chi connectivity index (χ1v) is 9.12. The third kappa shape index (κ3) is 4.16. The summed E-state index contributed by atoms with van der Waals surface area (Å²) in [6.45, 7) is 9.25. The molecule has 1 aromatic rings. The quantitative estimate of drug-likeness (QED) is 0.888. The minimum atomic E-state index is -0.0722. The Bertz CT molecular complexity index is 558. The van der Waals surface area contributed by atoms with Crippen molar-refractivity contribution in [3.63, 3.8) is 0 Å². The average molecular weight is 334 g/mol. The van der Waals surface area contributed by atoms with Gasteiger partial charge in [-0.2, -0.15) is 5.10 Å². The molecular weight excluding hydrogens is 304 g/mol. The second kappa shape index (κ2) is 7.23. The first-order valence-electron chi connectivity index (χ1n) is 9.12. The zero-order chi connectivity index (χ0) is 17.2. The number of carbonyl (C=O) groups excluding carboxylic acids is 1. The van der Waals surface area contributed by atoms with Gasteiger partial charge in [0.2, 0.25) is 0 Å². The molecule has 6 nitrogen and oxygen atoms in total. The van der Waals surface area contributed by atoms with Crippen LogP contribution in [-0.4, -0.2) is 47.5 Å². The molecule has 2 saturated heterocycles. The number of ether oxygens (including phenoxy) is 1. The summed E-state index contributed by atoms with van der Waals surface area (Å²) in [6.07, 6.45) is 6.11. The fourth-order valence-corrected chi connectivity index (χ4v) is 3.51. The van der Waals surface area contributed by atoms with E-state index in [1.54, 1.807) is 0 Å². The third-order valence-corrected chi connectivity index (χ3v) is 5.07. The van der Waals surface area contributed by atoms with Crippen molar-refractivity contribution in [2.75, 3.05) is 19.7 Å². The highest BCUT2D eigenvalue weighted by Crippen LogP contribution is 2.29. The maximum atomic E-state index is 12.5. The number of hydrogen-bond donors (Lipinski definition) is 2. The predicted molar refractivity (Wildman–Crippen MR) is 93.1 cm³/mol. The van der Waals surface area contributed by atoms with Crippen molar-refractivity contribution in [1.82, 2.24) is 20.4 Å². The van der Waals surface area contributed by atoms with Crippen LogP contribution < -0.4 is 10.6 Å². The van der Waals surface area contributed by atoms with Gasteiger partial charge in [0.15, 0.2) is 0 Å². The lowest BCUT2D eigenvalue weighted by Crippen LogP contribution is -2.45. The molecule has 3 heterocycles. The van der Waals surface area contributed by atoms with Crippen molar-refractivity contribution in [3.05, 3.63) is 18.0 Å². The van der Waals surface area contributed by atoms with E-state index in [0.717, 1.165) is 38.8 Å². The first kappa shape index (κ1) is 17.4. The van der Waals surface area contributed by atoms with Crippen LogP contribution in [0.5, 0.6) is 0 Å². The van der Waals surface area contributed by atoms with E-state index in [-0.39, 0.29) is 23.5 Å². The van der Waals surface area contributed by atoms with Gasteiger partial charge in [-0.05, 0) is 43.7 Å². The zero-order valence-electron chi connectivity index (χ0n) is 15.0. The molecule has 134 valence electrons. The monoisotopic (exact) mass is 334 g/mol. The summed E-state index contributed by atoms with van der Waals surface area (Å²) in [4.78, 5) is 12.5. The van der Waals surface area contributed by atoms with Crippen molar-refractivity contribution in [3.8, 4) is 0 Å². The molecule has 0 saturated carbocycles. The van der Waals surface area contributed by atoms with Gasteiger partial charge in [0.1, 0.15) is 5.69 Å². The number of rotatable bonds is 3. The second-order valence-electron chi connectivity index (χ2n) is 8.10. The molecule has 1 amide bonds. The van der Waals surface area contributed by atoms with Crippen LogP contribution in [-0.2, 0) is 4.74 Å². The molecule has 0 aliphatic carbocycles. The van der Waals surface area contributed by atoms with Crippen LogP contribution in [0, 0.1) is 5.41 Å². The number of aromatic nitrogens is 2. The largest absolute Gasteiger partial charge is 0.378 e. The Balaban J connectivity index is 1.58. The van der Waals surface area contributed by atoms with E-state index in [1.807, 2.05) is 16.9 Å². The molecule has 0 bridgehead atoms. The number of nitrogens with one attached hydrogen (secondary N) is 2. The minimum absolute atomic E-state index is 0.0722. The summed E-state index contributed by atoms with van der Waals surface area (Å²) in [5.74, 6) is -0.0722. The molecule has 0 radical (unpaired) electrons. The Morgan fingerprint density at radius 3 is 2.96 bits per heavy atom. The van der Waals surface area contributed by atoms with Crippen LogP contribution in [0.15, 0.2) is 12.3 Å². The topological polar surface area (TPSA) is 68.2 Å². The van der Waals surface area contributed by atoms with Gasteiger partial charge in [0.05, 0.1) is 12.1 Å². The SMILES string of the molecule is CC(C)(C)C1CC(NC(=O)c2ccn(C3CCCNC3)n2)CCO1. The fourth-order valence-electron chi connectivity index (χ4n) is 3.51. The molecule has 2 fully saturated rings. The predicted octanol–water partition coefficient (Wildman–Crippen LogP) is 2.13. The Hall–Kier alpha value is -1.40. The van der Waals surface area contributed by atoms with Gasteiger partial charge in [-0.15, -0.1) is 0 Å². The van der Waals surface area contributed by atoms with Crippen LogP contribution in [0.3, 0.4) is 0 Å². The smallest absolute Gasteiger partial charge is 0.271 e. The average Bonchev–Trinajstić information content (AvgIpc) is 3.05. The number of piperidine rings is 1. The van der Waals surface area contributed by atoms with Crippen molar-refractivity contribution in [1.29, 1.82) is 0 Å². The van der Waals surface area contributed by atoms with Crippen molar-refractivity contribution >= 4 is 5.91 Å². The summed E-state index contributed by atoms with van der Waals surface area (Å²) < 4.78 is 7.80. The zero-order valence-corrected chi connectivity index (χ0v) is 15.0. The number of amides is 1. The Morgan fingerprint density at radius 2 is 2.25 bits per heavy atom. The maximum Gasteiger partial charge on any atom is 0.271 e. The molecule has 0 spiro atoms. The summed E-state index contributed by atoms with van der Waals surface area (Å²) in [5, 5.41) is 11.0. The molecule has 2 aliphatic rings. The van der Waals surface area contributed by atoms with E-state index in [2.05, 4.69) is 36.5 Å². The van der Waals surface area contributed by atoms with Gasteiger partial charge in [-0.1, -0.05) is 20.8 Å². The Morgan fingerprint density at radius 1 is 1.42 bits per heavy atom. The second-order valence-corrected chi connectivity index (χ2v) is 8.10. The molecule has 2 N–H and O–H groups in total. The molecule has 3 rings (SSSR count). The molecule has 0 aromatic carbocycles. The summed E-state index contributed by atoms with van der Waals surface area (Å²) in [7, 11) is 0. The van der Waals surface area contributed by atoms with E-state index in [1.165, 1.54) is 0 Å². The maximum absolute atomic E-state index is 12.5. The van der Waals surface area contributed by atoms with Crippen molar-refractivity contribution in [2.45, 2.75) is 64.6 Å². The fraction of sp³-hybridized carbons (Fsp3) is 0.778. The van der Waals surface area contributed by atoms with Crippen LogP contribution in [0.4, 0.5) is 0 Å². The Labute approximate surface area is 144 Å². The molecule has 3 unspecified atom stereocenters. The summed E-state index contributed by atoms with van der Waals surface area (Å²) in [5.41, 5.74) is 0.609. The van der Waals surface area contributed by atoms with Crippen LogP contribution >= 0.6 is 0 Å². The van der Waals surface area contributed by atoms with Gasteiger partial charge >= 0.3 is 0 Å². The number of carbonyl (C=O) groups is 1. The van der Waals surface area contributed by atoms with Crippen LogP contribution in [0.2, 0.25) is 0 Å². The standard InChI is InChI=1S/C18H30N4O2/c1-18(2,3)16-11-13(7-10-24-16)20-17(23)15-6-9-22(21-15)14-5-4-8-19-12-14/h6,9,13-14,16,19H,4-5,7-8,10-12H2,1-3H3,(H,20,23). The lowest BCUT2D eigenvalue weighted by molar-refractivity contribution is -0.0569. The lowest BCUT2D eigenvalue weighted by atomic mass is 9.83. The van der Waals surface area contributed by atoms with E-state index in [0.29, 0.717) is 18.3 Å². The van der Waals surface area contributed by atoms with E-state index >= 15 is 0 Å². The highest BCUT2D eigenvalue weighted by molar-refractivity contribution is 5.92. The third-order valence-electron chi connectivity index (χ3n) is 5.07. The van der Waals surface area contributed by atoms with Crippen LogP contribution in [0.1, 0.15) is 63.0 Å². The molecule has 3 atom stereocenters. The molecule has 2 aliphatic heterocycles. The Kier molecular flexibility index (Phi) is 5.25. The molecule has 24 heavy (non-hydrogen) atoms. The van der Waals surface area contributed by atoms with Gasteiger partial charge in [0.25, 0.3) is 5.91 Å².